The van der Waals surface area contributed by atoms with Crippen molar-refractivity contribution in [3.63, 3.8) is 0 Å². The average Bonchev–Trinajstić information content (AvgIpc) is 2.43. The van der Waals surface area contributed by atoms with Crippen molar-refractivity contribution >= 4 is 23.2 Å². The second kappa shape index (κ2) is 8.28. The molecule has 0 saturated carbocycles. The van der Waals surface area contributed by atoms with Gasteiger partial charge in [0.1, 0.15) is 0 Å². The fraction of sp³-hybridized carbons (Fsp3) is 0.250. The molecule has 0 bridgehead atoms. The zero-order valence-corrected chi connectivity index (χ0v) is 12.7. The fourth-order valence-electron chi connectivity index (χ4n) is 1.94. The molecule has 2 rings (SSSR count). The minimum Gasteiger partial charge on any atom is -0.311 e. The molecule has 0 radical (unpaired) electrons. The molecule has 20 heavy (non-hydrogen) atoms. The van der Waals surface area contributed by atoms with Crippen LogP contribution in [-0.4, -0.2) is 13.1 Å². The van der Waals surface area contributed by atoms with Gasteiger partial charge in [0, 0.05) is 36.2 Å². The van der Waals surface area contributed by atoms with E-state index < -0.39 is 0 Å². The summed E-state index contributed by atoms with van der Waals surface area (Å²) in [7, 11) is 0. The van der Waals surface area contributed by atoms with Crippen molar-refractivity contribution in [3.8, 4) is 0 Å². The summed E-state index contributed by atoms with van der Waals surface area (Å²) in [6.07, 6.45) is 0. The van der Waals surface area contributed by atoms with E-state index in [-0.39, 0.29) is 0 Å². The highest BCUT2D eigenvalue weighted by molar-refractivity contribution is 6.30. The Kier molecular flexibility index (Phi) is 6.34. The van der Waals surface area contributed by atoms with E-state index in [0.717, 1.165) is 36.2 Å². The van der Waals surface area contributed by atoms with Crippen LogP contribution in [0.1, 0.15) is 11.1 Å². The number of nitrogens with one attached hydrogen (secondary N) is 2. The van der Waals surface area contributed by atoms with Crippen LogP contribution in [-0.2, 0) is 13.1 Å². The number of hydrogen-bond acceptors (Lipinski definition) is 2. The minimum absolute atomic E-state index is 0.781. The van der Waals surface area contributed by atoms with Crippen molar-refractivity contribution in [3.05, 3.63) is 69.7 Å². The lowest BCUT2D eigenvalue weighted by Crippen LogP contribution is -2.26. The van der Waals surface area contributed by atoms with Gasteiger partial charge in [-0.1, -0.05) is 47.5 Å². The first-order valence-electron chi connectivity index (χ1n) is 6.64. The predicted molar refractivity (Wildman–Crippen MR) is 86.3 cm³/mol. The summed E-state index contributed by atoms with van der Waals surface area (Å²) in [5, 5.41) is 8.32. The first kappa shape index (κ1) is 15.3. The van der Waals surface area contributed by atoms with Crippen LogP contribution in [0.4, 0.5) is 0 Å². The van der Waals surface area contributed by atoms with Crippen LogP contribution in [0, 0.1) is 0 Å². The summed E-state index contributed by atoms with van der Waals surface area (Å²) >= 11 is 11.9. The quantitative estimate of drug-likeness (QED) is 0.759. The SMILES string of the molecule is Clc1cccc(CNCCNCc2cccc(Cl)c2)c1. The number of halogens is 2. The van der Waals surface area contributed by atoms with Gasteiger partial charge >= 0.3 is 0 Å². The molecule has 0 heterocycles. The molecule has 0 aliphatic rings. The first-order chi connectivity index (χ1) is 9.74. The van der Waals surface area contributed by atoms with Crippen LogP contribution in [0.25, 0.3) is 0 Å². The second-order valence-corrected chi connectivity index (χ2v) is 5.49. The van der Waals surface area contributed by atoms with Gasteiger partial charge in [-0.25, -0.2) is 0 Å². The molecular formula is C16H18Cl2N2. The normalized spacial score (nSPS) is 10.7. The van der Waals surface area contributed by atoms with Crippen LogP contribution in [0.3, 0.4) is 0 Å². The van der Waals surface area contributed by atoms with Crippen molar-refractivity contribution in [1.82, 2.24) is 10.6 Å². The van der Waals surface area contributed by atoms with Gasteiger partial charge in [0.15, 0.2) is 0 Å². The van der Waals surface area contributed by atoms with Gasteiger partial charge in [-0.05, 0) is 35.4 Å². The van der Waals surface area contributed by atoms with Gasteiger partial charge in [-0.3, -0.25) is 0 Å². The summed E-state index contributed by atoms with van der Waals surface area (Å²) in [6.45, 7) is 3.49. The van der Waals surface area contributed by atoms with E-state index in [4.69, 9.17) is 23.2 Å². The summed E-state index contributed by atoms with van der Waals surface area (Å²) in [6, 6.07) is 15.8. The van der Waals surface area contributed by atoms with Crippen LogP contribution >= 0.6 is 23.2 Å². The van der Waals surface area contributed by atoms with E-state index in [0.29, 0.717) is 0 Å². The largest absolute Gasteiger partial charge is 0.311 e. The predicted octanol–water partition coefficient (Wildman–Crippen LogP) is 3.87. The molecule has 2 aromatic carbocycles. The molecule has 0 spiro atoms. The third-order valence-corrected chi connectivity index (χ3v) is 3.39. The molecule has 2 aromatic rings. The highest BCUT2D eigenvalue weighted by Gasteiger charge is 1.95. The Hall–Kier alpha value is -1.06. The third-order valence-electron chi connectivity index (χ3n) is 2.91. The first-order valence-corrected chi connectivity index (χ1v) is 7.40. The Balaban J connectivity index is 1.60. The average molecular weight is 309 g/mol. The van der Waals surface area contributed by atoms with Crippen molar-refractivity contribution in [1.29, 1.82) is 0 Å². The van der Waals surface area contributed by atoms with Crippen LogP contribution in [0.2, 0.25) is 10.0 Å². The molecule has 4 heteroatoms. The Labute approximate surface area is 130 Å². The summed E-state index contributed by atoms with van der Waals surface area (Å²) in [4.78, 5) is 0. The van der Waals surface area contributed by atoms with E-state index in [9.17, 15) is 0 Å². The van der Waals surface area contributed by atoms with E-state index in [1.807, 2.05) is 36.4 Å². The molecule has 2 N–H and O–H groups in total. The number of hydrogen-bond donors (Lipinski definition) is 2. The molecule has 0 unspecified atom stereocenters. The van der Waals surface area contributed by atoms with E-state index >= 15 is 0 Å². The molecule has 0 aromatic heterocycles. The van der Waals surface area contributed by atoms with Crippen LogP contribution < -0.4 is 10.6 Å². The smallest absolute Gasteiger partial charge is 0.0409 e. The lowest BCUT2D eigenvalue weighted by molar-refractivity contribution is 0.611. The molecule has 106 valence electrons. The maximum absolute atomic E-state index is 5.94. The van der Waals surface area contributed by atoms with Crippen molar-refractivity contribution in [2.45, 2.75) is 13.1 Å². The topological polar surface area (TPSA) is 24.1 Å². The molecule has 0 aliphatic heterocycles. The van der Waals surface area contributed by atoms with Gasteiger partial charge in [0.2, 0.25) is 0 Å². The standard InChI is InChI=1S/C16H18Cl2N2/c17-15-5-1-3-13(9-15)11-19-7-8-20-12-14-4-2-6-16(18)10-14/h1-6,9-10,19-20H,7-8,11-12H2. The molecule has 0 fully saturated rings. The molecule has 0 amide bonds. The molecule has 2 nitrogen and oxygen atoms in total. The van der Waals surface area contributed by atoms with E-state index in [1.165, 1.54) is 11.1 Å². The molecular weight excluding hydrogens is 291 g/mol. The van der Waals surface area contributed by atoms with Crippen LogP contribution in [0.15, 0.2) is 48.5 Å². The van der Waals surface area contributed by atoms with E-state index in [2.05, 4.69) is 22.8 Å². The maximum Gasteiger partial charge on any atom is 0.0409 e. The van der Waals surface area contributed by atoms with Crippen molar-refractivity contribution in [2.24, 2.45) is 0 Å². The minimum atomic E-state index is 0.781. The van der Waals surface area contributed by atoms with Gasteiger partial charge in [0.25, 0.3) is 0 Å². The van der Waals surface area contributed by atoms with Crippen molar-refractivity contribution < 1.29 is 0 Å². The zero-order chi connectivity index (χ0) is 14.2. The Bertz CT molecular complexity index is 494. The Morgan fingerprint density at radius 2 is 1.15 bits per heavy atom. The summed E-state index contributed by atoms with van der Waals surface area (Å²) in [5.74, 6) is 0. The molecule has 0 saturated heterocycles. The van der Waals surface area contributed by atoms with Crippen LogP contribution in [0.5, 0.6) is 0 Å². The highest BCUT2D eigenvalue weighted by Crippen LogP contribution is 2.10. The maximum atomic E-state index is 5.94. The highest BCUT2D eigenvalue weighted by atomic mass is 35.5. The number of benzene rings is 2. The van der Waals surface area contributed by atoms with Gasteiger partial charge < -0.3 is 10.6 Å². The molecule has 0 aliphatic carbocycles. The lowest BCUT2D eigenvalue weighted by Gasteiger charge is -2.07. The van der Waals surface area contributed by atoms with Gasteiger partial charge in [-0.2, -0.15) is 0 Å². The number of rotatable bonds is 7. The second-order valence-electron chi connectivity index (χ2n) is 4.61. The monoisotopic (exact) mass is 308 g/mol. The summed E-state index contributed by atoms with van der Waals surface area (Å²) < 4.78 is 0. The Morgan fingerprint density at radius 3 is 1.55 bits per heavy atom. The van der Waals surface area contributed by atoms with Crippen molar-refractivity contribution in [2.75, 3.05) is 13.1 Å². The zero-order valence-electron chi connectivity index (χ0n) is 11.2. The van der Waals surface area contributed by atoms with Gasteiger partial charge in [0.05, 0.1) is 0 Å². The summed E-state index contributed by atoms with van der Waals surface area (Å²) in [5.41, 5.74) is 2.40. The lowest BCUT2D eigenvalue weighted by atomic mass is 10.2. The molecule has 0 atom stereocenters. The van der Waals surface area contributed by atoms with Gasteiger partial charge in [-0.15, -0.1) is 0 Å². The fourth-order valence-corrected chi connectivity index (χ4v) is 2.36. The third kappa shape index (κ3) is 5.51. The van der Waals surface area contributed by atoms with E-state index in [1.54, 1.807) is 0 Å². The Morgan fingerprint density at radius 1 is 0.700 bits per heavy atom.